The Morgan fingerprint density at radius 2 is 2.05 bits per heavy atom. The highest BCUT2D eigenvalue weighted by molar-refractivity contribution is 5.78. The first-order valence-electron chi connectivity index (χ1n) is 6.31. The first kappa shape index (κ1) is 11.9. The summed E-state index contributed by atoms with van der Waals surface area (Å²) in [5.74, 6) is 0. The molecule has 0 saturated heterocycles. The molecule has 0 aliphatic carbocycles. The van der Waals surface area contributed by atoms with E-state index in [1.54, 1.807) is 4.68 Å². The van der Waals surface area contributed by atoms with Crippen LogP contribution in [0.1, 0.15) is 17.3 Å². The summed E-state index contributed by atoms with van der Waals surface area (Å²) in [5, 5.41) is 5.30. The fourth-order valence-electron chi connectivity index (χ4n) is 2.20. The lowest BCUT2D eigenvalue weighted by molar-refractivity contribution is 0.705. The van der Waals surface area contributed by atoms with E-state index in [-0.39, 0.29) is 6.04 Å². The van der Waals surface area contributed by atoms with Crippen molar-refractivity contribution in [1.82, 2.24) is 14.8 Å². The number of nitrogens with zero attached hydrogens (tertiary/aromatic N) is 3. The quantitative estimate of drug-likeness (QED) is 0.777. The largest absolute Gasteiger partial charge is 0.324 e. The van der Waals surface area contributed by atoms with Crippen LogP contribution in [0.25, 0.3) is 10.9 Å². The Morgan fingerprint density at radius 3 is 2.84 bits per heavy atom. The maximum Gasteiger partial charge on any atom is 0.0705 e. The lowest BCUT2D eigenvalue weighted by Crippen LogP contribution is -2.13. The van der Waals surface area contributed by atoms with Gasteiger partial charge in [-0.1, -0.05) is 24.3 Å². The normalized spacial score (nSPS) is 12.7. The molecule has 4 heteroatoms. The number of pyridine rings is 1. The van der Waals surface area contributed by atoms with Gasteiger partial charge in [-0.15, -0.1) is 0 Å². The van der Waals surface area contributed by atoms with Crippen LogP contribution in [0.2, 0.25) is 0 Å². The van der Waals surface area contributed by atoms with Gasteiger partial charge in [-0.2, -0.15) is 5.10 Å². The average molecular weight is 252 g/mol. The van der Waals surface area contributed by atoms with Crippen molar-refractivity contribution < 1.29 is 0 Å². The third-order valence-electron chi connectivity index (χ3n) is 3.24. The molecule has 0 spiro atoms. The Labute approximate surface area is 111 Å². The lowest BCUT2D eigenvalue weighted by Gasteiger charge is -2.09. The molecular formula is C15H16N4. The minimum atomic E-state index is -0.0673. The van der Waals surface area contributed by atoms with Gasteiger partial charge in [-0.25, -0.2) is 0 Å². The SMILES string of the molecule is Cn1cc(C(N)Cc2ccc3ccccc3n2)cn1. The molecule has 0 bridgehead atoms. The first-order chi connectivity index (χ1) is 9.22. The summed E-state index contributed by atoms with van der Waals surface area (Å²) in [6.45, 7) is 0. The highest BCUT2D eigenvalue weighted by Gasteiger charge is 2.10. The van der Waals surface area contributed by atoms with Gasteiger partial charge in [0.2, 0.25) is 0 Å². The van der Waals surface area contributed by atoms with Gasteiger partial charge in [0, 0.05) is 42.4 Å². The van der Waals surface area contributed by atoms with Crippen molar-refractivity contribution in [2.75, 3.05) is 0 Å². The predicted molar refractivity (Wildman–Crippen MR) is 75.6 cm³/mol. The average Bonchev–Trinajstić information content (AvgIpc) is 2.85. The molecule has 2 heterocycles. The zero-order valence-electron chi connectivity index (χ0n) is 10.8. The molecule has 3 rings (SSSR count). The smallest absolute Gasteiger partial charge is 0.0705 e. The van der Waals surface area contributed by atoms with E-state index in [0.29, 0.717) is 0 Å². The van der Waals surface area contributed by atoms with Gasteiger partial charge >= 0.3 is 0 Å². The van der Waals surface area contributed by atoms with E-state index in [9.17, 15) is 0 Å². The van der Waals surface area contributed by atoms with Crippen molar-refractivity contribution >= 4 is 10.9 Å². The molecule has 1 atom stereocenters. The van der Waals surface area contributed by atoms with Gasteiger partial charge in [-0.05, 0) is 12.1 Å². The summed E-state index contributed by atoms with van der Waals surface area (Å²) in [4.78, 5) is 4.64. The van der Waals surface area contributed by atoms with E-state index in [4.69, 9.17) is 5.73 Å². The molecule has 0 radical (unpaired) electrons. The highest BCUT2D eigenvalue weighted by atomic mass is 15.2. The summed E-state index contributed by atoms with van der Waals surface area (Å²) >= 11 is 0. The van der Waals surface area contributed by atoms with Gasteiger partial charge in [0.1, 0.15) is 0 Å². The van der Waals surface area contributed by atoms with Crippen LogP contribution < -0.4 is 5.73 Å². The fraction of sp³-hybridized carbons (Fsp3) is 0.200. The van der Waals surface area contributed by atoms with Crippen LogP contribution in [0, 0.1) is 0 Å². The van der Waals surface area contributed by atoms with Crippen LogP contribution in [-0.4, -0.2) is 14.8 Å². The number of aryl methyl sites for hydroxylation is 1. The molecule has 0 aliphatic heterocycles. The maximum absolute atomic E-state index is 6.19. The number of hydrogen-bond donors (Lipinski definition) is 1. The Hall–Kier alpha value is -2.20. The van der Waals surface area contributed by atoms with Crippen LogP contribution in [0.3, 0.4) is 0 Å². The summed E-state index contributed by atoms with van der Waals surface area (Å²) in [6.07, 6.45) is 4.48. The Bertz CT molecular complexity index is 702. The Morgan fingerprint density at radius 1 is 1.21 bits per heavy atom. The molecule has 4 nitrogen and oxygen atoms in total. The second kappa shape index (κ2) is 4.82. The number of aromatic nitrogens is 3. The Kier molecular flexibility index (Phi) is 3.01. The van der Waals surface area contributed by atoms with E-state index >= 15 is 0 Å². The molecular weight excluding hydrogens is 236 g/mol. The van der Waals surface area contributed by atoms with Gasteiger partial charge in [0.05, 0.1) is 11.7 Å². The molecule has 96 valence electrons. The molecule has 3 aromatic rings. The van der Waals surface area contributed by atoms with Crippen LogP contribution in [0.4, 0.5) is 0 Å². The summed E-state index contributed by atoms with van der Waals surface area (Å²) in [5.41, 5.74) is 9.25. The monoisotopic (exact) mass is 252 g/mol. The van der Waals surface area contributed by atoms with Crippen molar-refractivity contribution in [3.05, 3.63) is 60.0 Å². The maximum atomic E-state index is 6.19. The van der Waals surface area contributed by atoms with Crippen molar-refractivity contribution in [3.63, 3.8) is 0 Å². The number of hydrogen-bond acceptors (Lipinski definition) is 3. The molecule has 2 N–H and O–H groups in total. The molecule has 0 saturated carbocycles. The van der Waals surface area contributed by atoms with Gasteiger partial charge in [-0.3, -0.25) is 9.67 Å². The number of fused-ring (bicyclic) bond motifs is 1. The predicted octanol–water partition coefficient (Wildman–Crippen LogP) is 2.21. The first-order valence-corrected chi connectivity index (χ1v) is 6.31. The molecule has 19 heavy (non-hydrogen) atoms. The van der Waals surface area contributed by atoms with E-state index < -0.39 is 0 Å². The second-order valence-corrected chi connectivity index (χ2v) is 4.75. The van der Waals surface area contributed by atoms with Crippen molar-refractivity contribution in [2.45, 2.75) is 12.5 Å². The standard InChI is InChI=1S/C15H16N4/c1-19-10-12(9-17-19)14(16)8-13-7-6-11-4-2-3-5-15(11)18-13/h2-7,9-10,14H,8,16H2,1H3. The van der Waals surface area contributed by atoms with Crippen LogP contribution >= 0.6 is 0 Å². The number of para-hydroxylation sites is 1. The summed E-state index contributed by atoms with van der Waals surface area (Å²) in [6, 6.07) is 12.2. The third kappa shape index (κ3) is 2.48. The molecule has 0 aliphatic rings. The fourth-order valence-corrected chi connectivity index (χ4v) is 2.20. The summed E-state index contributed by atoms with van der Waals surface area (Å²) < 4.78 is 1.77. The van der Waals surface area contributed by atoms with Crippen LogP contribution in [0.15, 0.2) is 48.8 Å². The van der Waals surface area contributed by atoms with Crippen molar-refractivity contribution in [3.8, 4) is 0 Å². The van der Waals surface area contributed by atoms with E-state index in [1.807, 2.05) is 43.7 Å². The molecule has 0 fully saturated rings. The number of rotatable bonds is 3. The van der Waals surface area contributed by atoms with E-state index in [0.717, 1.165) is 28.6 Å². The topological polar surface area (TPSA) is 56.7 Å². The lowest BCUT2D eigenvalue weighted by atomic mass is 10.1. The number of nitrogens with two attached hydrogens (primary N) is 1. The van der Waals surface area contributed by atoms with Gasteiger partial charge in [0.25, 0.3) is 0 Å². The zero-order valence-corrected chi connectivity index (χ0v) is 10.8. The summed E-state index contributed by atoms with van der Waals surface area (Å²) in [7, 11) is 1.89. The second-order valence-electron chi connectivity index (χ2n) is 4.75. The van der Waals surface area contributed by atoms with Crippen molar-refractivity contribution in [1.29, 1.82) is 0 Å². The molecule has 0 amide bonds. The van der Waals surface area contributed by atoms with Crippen LogP contribution in [-0.2, 0) is 13.5 Å². The zero-order chi connectivity index (χ0) is 13.2. The van der Waals surface area contributed by atoms with Gasteiger partial charge in [0.15, 0.2) is 0 Å². The minimum Gasteiger partial charge on any atom is -0.324 e. The van der Waals surface area contributed by atoms with Gasteiger partial charge < -0.3 is 5.73 Å². The van der Waals surface area contributed by atoms with E-state index in [1.165, 1.54) is 0 Å². The Balaban J connectivity index is 1.84. The molecule has 2 aromatic heterocycles. The van der Waals surface area contributed by atoms with Crippen molar-refractivity contribution in [2.24, 2.45) is 12.8 Å². The van der Waals surface area contributed by atoms with Crippen LogP contribution in [0.5, 0.6) is 0 Å². The minimum absolute atomic E-state index is 0.0673. The third-order valence-corrected chi connectivity index (χ3v) is 3.24. The number of benzene rings is 1. The highest BCUT2D eigenvalue weighted by Crippen LogP contribution is 2.17. The molecule has 1 aromatic carbocycles. The molecule has 1 unspecified atom stereocenters. The van der Waals surface area contributed by atoms with E-state index in [2.05, 4.69) is 22.2 Å².